The van der Waals surface area contributed by atoms with Crippen LogP contribution < -0.4 is 19.5 Å². The number of nitrogens with one attached hydrogen (secondary N) is 1. The van der Waals surface area contributed by atoms with E-state index < -0.39 is 0 Å². The summed E-state index contributed by atoms with van der Waals surface area (Å²) in [6, 6.07) is 24.5. The number of rotatable bonds is 10. The number of hydrogen-bond donors (Lipinski definition) is 1. The van der Waals surface area contributed by atoms with Gasteiger partial charge in [0, 0.05) is 34.0 Å². The predicted octanol–water partition coefficient (Wildman–Crippen LogP) is 7.09. The Morgan fingerprint density at radius 3 is 2.28 bits per heavy atom. The first-order chi connectivity index (χ1) is 19.0. The second kappa shape index (κ2) is 13.1. The molecule has 39 heavy (non-hydrogen) atoms. The van der Waals surface area contributed by atoms with Gasteiger partial charge >= 0.3 is 0 Å². The van der Waals surface area contributed by atoms with E-state index in [1.165, 1.54) is 18.9 Å². The molecule has 9 heteroatoms. The third-order valence-corrected chi connectivity index (χ3v) is 7.03. The standard InChI is InChI=1S/C30H26ClN3O4S/c1-36-26-14-20(15-27(37-2)29(26)38-3)23-17-25(19-8-5-4-6-9-19)34-30(24(23)18-32)39-13-12-28(35)33-22-11-7-10-21(31)16-22/h4-11,14-17H,12-13H2,1-3H3,(H,33,35). The van der Waals surface area contributed by atoms with Crippen molar-refractivity contribution in [1.82, 2.24) is 4.98 Å². The molecule has 0 spiro atoms. The molecule has 0 aliphatic carbocycles. The fraction of sp³-hybridized carbons (Fsp3) is 0.167. The Balaban J connectivity index is 1.70. The minimum absolute atomic E-state index is 0.160. The lowest BCUT2D eigenvalue weighted by Gasteiger charge is -2.16. The van der Waals surface area contributed by atoms with Gasteiger partial charge in [0.1, 0.15) is 11.1 Å². The van der Waals surface area contributed by atoms with E-state index >= 15 is 0 Å². The highest BCUT2D eigenvalue weighted by Crippen LogP contribution is 2.43. The topological polar surface area (TPSA) is 93.5 Å². The van der Waals surface area contributed by atoms with E-state index in [2.05, 4.69) is 11.4 Å². The van der Waals surface area contributed by atoms with Gasteiger partial charge in [0.2, 0.25) is 11.7 Å². The molecule has 198 valence electrons. The number of amides is 1. The first-order valence-corrected chi connectivity index (χ1v) is 13.3. The first kappa shape index (κ1) is 27.8. The second-order valence-corrected chi connectivity index (χ2v) is 9.80. The zero-order valence-electron chi connectivity index (χ0n) is 21.7. The molecule has 0 atom stereocenters. The Morgan fingerprint density at radius 2 is 1.67 bits per heavy atom. The van der Waals surface area contributed by atoms with Gasteiger partial charge in [-0.05, 0) is 42.0 Å². The Hall–Kier alpha value is -4.19. The molecule has 0 aliphatic rings. The van der Waals surface area contributed by atoms with E-state index in [4.69, 9.17) is 30.8 Å². The van der Waals surface area contributed by atoms with Gasteiger partial charge < -0.3 is 19.5 Å². The number of carbonyl (C=O) groups excluding carboxylic acids is 1. The van der Waals surface area contributed by atoms with Crippen LogP contribution in [0.25, 0.3) is 22.4 Å². The fourth-order valence-electron chi connectivity index (χ4n) is 3.99. The summed E-state index contributed by atoms with van der Waals surface area (Å²) < 4.78 is 16.6. The number of halogens is 1. The highest BCUT2D eigenvalue weighted by Gasteiger charge is 2.20. The number of nitrogens with zero attached hydrogens (tertiary/aromatic N) is 2. The lowest BCUT2D eigenvalue weighted by molar-refractivity contribution is -0.115. The summed E-state index contributed by atoms with van der Waals surface area (Å²) in [4.78, 5) is 17.4. The number of nitriles is 1. The zero-order valence-corrected chi connectivity index (χ0v) is 23.2. The van der Waals surface area contributed by atoms with Crippen LogP contribution in [-0.4, -0.2) is 38.0 Å². The van der Waals surface area contributed by atoms with Crippen LogP contribution in [0.1, 0.15) is 12.0 Å². The Morgan fingerprint density at radius 1 is 0.949 bits per heavy atom. The number of hydrogen-bond acceptors (Lipinski definition) is 7. The van der Waals surface area contributed by atoms with Crippen LogP contribution in [0.2, 0.25) is 5.02 Å². The SMILES string of the molecule is COc1cc(-c2cc(-c3ccccc3)nc(SCCC(=O)Nc3cccc(Cl)c3)c2C#N)cc(OC)c1OC. The van der Waals surface area contributed by atoms with Crippen LogP contribution in [0.3, 0.4) is 0 Å². The molecule has 0 bridgehead atoms. The summed E-state index contributed by atoms with van der Waals surface area (Å²) in [6.07, 6.45) is 0.221. The summed E-state index contributed by atoms with van der Waals surface area (Å²) >= 11 is 7.37. The molecule has 0 radical (unpaired) electrons. The number of aromatic nitrogens is 1. The Bertz CT molecular complexity index is 1500. The zero-order chi connectivity index (χ0) is 27.8. The number of ether oxygens (including phenoxy) is 3. The molecule has 0 aliphatic heterocycles. The number of benzene rings is 3. The monoisotopic (exact) mass is 559 g/mol. The molecule has 1 aromatic heterocycles. The van der Waals surface area contributed by atoms with Crippen LogP contribution in [-0.2, 0) is 4.79 Å². The van der Waals surface area contributed by atoms with E-state index in [-0.39, 0.29) is 12.3 Å². The van der Waals surface area contributed by atoms with E-state index in [1.807, 2.05) is 36.4 Å². The third kappa shape index (κ3) is 6.63. The quantitative estimate of drug-likeness (QED) is 0.207. The third-order valence-electron chi connectivity index (χ3n) is 5.82. The van der Waals surface area contributed by atoms with Gasteiger partial charge in [0.15, 0.2) is 11.5 Å². The maximum absolute atomic E-state index is 12.6. The number of thioether (sulfide) groups is 1. The second-order valence-electron chi connectivity index (χ2n) is 8.28. The van der Waals surface area contributed by atoms with Crippen molar-refractivity contribution in [3.8, 4) is 45.7 Å². The van der Waals surface area contributed by atoms with Crippen LogP contribution >= 0.6 is 23.4 Å². The van der Waals surface area contributed by atoms with Crippen molar-refractivity contribution >= 4 is 35.0 Å². The van der Waals surface area contributed by atoms with Crippen molar-refractivity contribution in [2.45, 2.75) is 11.4 Å². The normalized spacial score (nSPS) is 10.4. The van der Waals surface area contributed by atoms with Crippen LogP contribution in [0.4, 0.5) is 5.69 Å². The average Bonchev–Trinajstić information content (AvgIpc) is 2.96. The van der Waals surface area contributed by atoms with Crippen molar-refractivity contribution in [3.05, 3.63) is 83.4 Å². The van der Waals surface area contributed by atoms with Crippen LogP contribution in [0, 0.1) is 11.3 Å². The summed E-state index contributed by atoms with van der Waals surface area (Å²) in [5.41, 5.74) is 3.99. The molecular weight excluding hydrogens is 534 g/mol. The first-order valence-electron chi connectivity index (χ1n) is 12.0. The van der Waals surface area contributed by atoms with Gasteiger partial charge in [0.05, 0.1) is 32.6 Å². The van der Waals surface area contributed by atoms with Gasteiger partial charge in [-0.25, -0.2) is 4.98 Å². The molecule has 4 aromatic rings. The van der Waals surface area contributed by atoms with E-state index in [0.717, 1.165) is 5.56 Å². The maximum Gasteiger partial charge on any atom is 0.225 e. The van der Waals surface area contributed by atoms with Gasteiger partial charge in [-0.15, -0.1) is 11.8 Å². The molecule has 4 rings (SSSR count). The average molecular weight is 560 g/mol. The van der Waals surface area contributed by atoms with Crippen molar-refractivity contribution in [1.29, 1.82) is 5.26 Å². The Labute approximate surface area is 236 Å². The molecule has 0 unspecified atom stereocenters. The summed E-state index contributed by atoms with van der Waals surface area (Å²) in [6.45, 7) is 0. The molecule has 0 saturated carbocycles. The number of anilines is 1. The van der Waals surface area contributed by atoms with Crippen molar-refractivity contribution in [3.63, 3.8) is 0 Å². The fourth-order valence-corrected chi connectivity index (χ4v) is 5.12. The highest BCUT2D eigenvalue weighted by molar-refractivity contribution is 7.99. The van der Waals surface area contributed by atoms with E-state index in [9.17, 15) is 10.1 Å². The minimum atomic E-state index is -0.160. The van der Waals surface area contributed by atoms with E-state index in [0.29, 0.717) is 61.1 Å². The van der Waals surface area contributed by atoms with Crippen molar-refractivity contribution in [2.75, 3.05) is 32.4 Å². The molecule has 1 amide bonds. The minimum Gasteiger partial charge on any atom is -0.493 e. The summed E-state index contributed by atoms with van der Waals surface area (Å²) in [5.74, 6) is 1.66. The predicted molar refractivity (Wildman–Crippen MR) is 155 cm³/mol. The largest absolute Gasteiger partial charge is 0.493 e. The molecule has 3 aromatic carbocycles. The lowest BCUT2D eigenvalue weighted by Crippen LogP contribution is -2.12. The van der Waals surface area contributed by atoms with Gasteiger partial charge in [-0.2, -0.15) is 5.26 Å². The van der Waals surface area contributed by atoms with Gasteiger partial charge in [-0.1, -0.05) is 48.0 Å². The highest BCUT2D eigenvalue weighted by atomic mass is 35.5. The van der Waals surface area contributed by atoms with Crippen molar-refractivity contribution < 1.29 is 19.0 Å². The maximum atomic E-state index is 12.6. The van der Waals surface area contributed by atoms with Crippen LogP contribution in [0.15, 0.2) is 77.8 Å². The summed E-state index contributed by atoms with van der Waals surface area (Å²) in [5, 5.41) is 14.1. The van der Waals surface area contributed by atoms with Crippen LogP contribution in [0.5, 0.6) is 17.2 Å². The van der Waals surface area contributed by atoms with Gasteiger partial charge in [-0.3, -0.25) is 4.79 Å². The number of pyridine rings is 1. The smallest absolute Gasteiger partial charge is 0.225 e. The molecule has 1 N–H and O–H groups in total. The Kier molecular flexibility index (Phi) is 9.31. The number of methoxy groups -OCH3 is 3. The molecular formula is C30H26ClN3O4S. The summed E-state index contributed by atoms with van der Waals surface area (Å²) in [7, 11) is 4.63. The lowest BCUT2D eigenvalue weighted by atomic mass is 9.98. The molecule has 1 heterocycles. The van der Waals surface area contributed by atoms with Gasteiger partial charge in [0.25, 0.3) is 0 Å². The molecule has 7 nitrogen and oxygen atoms in total. The molecule has 0 saturated heterocycles. The molecule has 0 fully saturated rings. The van der Waals surface area contributed by atoms with E-state index in [1.54, 1.807) is 50.6 Å². The number of carbonyl (C=O) groups is 1. The van der Waals surface area contributed by atoms with Crippen molar-refractivity contribution in [2.24, 2.45) is 0 Å².